The standard InChI is InChI=1S/C15H15ClN4O3/c1-8-14(19-23-18-8)17-15(22)11-7-12(21)20(2)13(11)9-4-3-5-10(16)6-9/h3-6,11,13H,7H2,1-2H3,(H,17,19,22)/t11-,13-/m0/s1. The van der Waals surface area contributed by atoms with Crippen LogP contribution >= 0.6 is 11.6 Å². The number of rotatable bonds is 3. The number of nitrogens with zero attached hydrogens (tertiary/aromatic N) is 3. The van der Waals surface area contributed by atoms with E-state index in [4.69, 9.17) is 11.6 Å². The van der Waals surface area contributed by atoms with E-state index in [0.717, 1.165) is 5.56 Å². The number of anilines is 1. The maximum atomic E-state index is 12.6. The summed E-state index contributed by atoms with van der Waals surface area (Å²) in [4.78, 5) is 26.3. The number of hydrogen-bond donors (Lipinski definition) is 1. The van der Waals surface area contributed by atoms with Gasteiger partial charge in [0.2, 0.25) is 11.8 Å². The Morgan fingerprint density at radius 3 is 2.87 bits per heavy atom. The quantitative estimate of drug-likeness (QED) is 0.929. The van der Waals surface area contributed by atoms with E-state index in [-0.39, 0.29) is 30.1 Å². The summed E-state index contributed by atoms with van der Waals surface area (Å²) in [5.41, 5.74) is 1.30. The topological polar surface area (TPSA) is 88.3 Å². The normalized spacial score (nSPS) is 20.8. The van der Waals surface area contributed by atoms with Gasteiger partial charge in [-0.3, -0.25) is 9.59 Å². The lowest BCUT2D eigenvalue weighted by Crippen LogP contribution is -2.30. The highest BCUT2D eigenvalue weighted by atomic mass is 35.5. The van der Waals surface area contributed by atoms with Gasteiger partial charge < -0.3 is 10.2 Å². The van der Waals surface area contributed by atoms with E-state index in [1.54, 1.807) is 37.1 Å². The molecule has 1 fully saturated rings. The molecule has 0 bridgehead atoms. The molecule has 0 unspecified atom stereocenters. The highest BCUT2D eigenvalue weighted by Gasteiger charge is 2.43. The lowest BCUT2D eigenvalue weighted by atomic mass is 9.93. The predicted molar refractivity (Wildman–Crippen MR) is 82.7 cm³/mol. The molecule has 2 atom stereocenters. The lowest BCUT2D eigenvalue weighted by Gasteiger charge is -2.24. The summed E-state index contributed by atoms with van der Waals surface area (Å²) < 4.78 is 4.57. The molecular formula is C15H15ClN4O3. The zero-order chi connectivity index (χ0) is 16.6. The molecular weight excluding hydrogens is 320 g/mol. The van der Waals surface area contributed by atoms with Gasteiger partial charge in [-0.15, -0.1) is 0 Å². The van der Waals surface area contributed by atoms with Crippen LogP contribution in [0.5, 0.6) is 0 Å². The maximum absolute atomic E-state index is 12.6. The third-order valence-electron chi connectivity index (χ3n) is 4.01. The summed E-state index contributed by atoms with van der Waals surface area (Å²) in [5, 5.41) is 10.5. The summed E-state index contributed by atoms with van der Waals surface area (Å²) in [6, 6.07) is 6.80. The minimum atomic E-state index is -0.540. The minimum absolute atomic E-state index is 0.0925. The number of likely N-dealkylation sites (tertiary alicyclic amines) is 1. The van der Waals surface area contributed by atoms with Crippen molar-refractivity contribution in [3.05, 3.63) is 40.5 Å². The smallest absolute Gasteiger partial charge is 0.231 e. The van der Waals surface area contributed by atoms with Crippen LogP contribution in [0.1, 0.15) is 23.7 Å². The number of nitrogens with one attached hydrogen (secondary N) is 1. The van der Waals surface area contributed by atoms with Crippen LogP contribution in [0.2, 0.25) is 5.02 Å². The second-order valence-corrected chi connectivity index (χ2v) is 5.94. The van der Waals surface area contributed by atoms with Crippen LogP contribution in [-0.2, 0) is 9.59 Å². The van der Waals surface area contributed by atoms with Crippen molar-refractivity contribution < 1.29 is 14.2 Å². The van der Waals surface area contributed by atoms with Gasteiger partial charge in [0.15, 0.2) is 5.82 Å². The van der Waals surface area contributed by atoms with Crippen molar-refractivity contribution in [1.82, 2.24) is 15.2 Å². The van der Waals surface area contributed by atoms with Crippen LogP contribution in [0, 0.1) is 12.8 Å². The number of carbonyl (C=O) groups excluding carboxylic acids is 2. The van der Waals surface area contributed by atoms with Crippen LogP contribution in [-0.4, -0.2) is 34.1 Å². The van der Waals surface area contributed by atoms with E-state index in [1.165, 1.54) is 0 Å². The monoisotopic (exact) mass is 334 g/mol. The van der Waals surface area contributed by atoms with Crippen LogP contribution < -0.4 is 5.32 Å². The SMILES string of the molecule is Cc1nonc1NC(=O)[C@H]1CC(=O)N(C)[C@H]1c1cccc(Cl)c1. The summed E-state index contributed by atoms with van der Waals surface area (Å²) in [6.07, 6.45) is 0.129. The maximum Gasteiger partial charge on any atom is 0.231 e. The molecule has 3 rings (SSSR count). The molecule has 0 saturated carbocycles. The third kappa shape index (κ3) is 2.92. The summed E-state index contributed by atoms with van der Waals surface area (Å²) in [7, 11) is 1.68. The van der Waals surface area contributed by atoms with Crippen molar-refractivity contribution in [2.75, 3.05) is 12.4 Å². The molecule has 2 amide bonds. The first kappa shape index (κ1) is 15.5. The number of halogens is 1. The third-order valence-corrected chi connectivity index (χ3v) is 4.24. The molecule has 0 radical (unpaired) electrons. The fourth-order valence-electron chi connectivity index (χ4n) is 2.81. The molecule has 1 aromatic heterocycles. The van der Waals surface area contributed by atoms with E-state index in [9.17, 15) is 9.59 Å². The highest BCUT2D eigenvalue weighted by molar-refractivity contribution is 6.30. The average Bonchev–Trinajstić information content (AvgIpc) is 3.04. The van der Waals surface area contributed by atoms with Crippen molar-refractivity contribution in [2.45, 2.75) is 19.4 Å². The first-order valence-electron chi connectivity index (χ1n) is 7.08. The van der Waals surface area contributed by atoms with Crippen molar-refractivity contribution in [2.24, 2.45) is 5.92 Å². The Morgan fingerprint density at radius 2 is 2.22 bits per heavy atom. The molecule has 120 valence electrons. The average molecular weight is 335 g/mol. The lowest BCUT2D eigenvalue weighted by molar-refractivity contribution is -0.127. The Bertz CT molecular complexity index is 761. The molecule has 1 N–H and O–H groups in total. The van der Waals surface area contributed by atoms with Crippen LogP contribution in [0.4, 0.5) is 5.82 Å². The molecule has 0 spiro atoms. The molecule has 1 aromatic carbocycles. The van der Waals surface area contributed by atoms with E-state index >= 15 is 0 Å². The number of hydrogen-bond acceptors (Lipinski definition) is 5. The zero-order valence-electron chi connectivity index (χ0n) is 12.6. The highest BCUT2D eigenvalue weighted by Crippen LogP contribution is 2.38. The van der Waals surface area contributed by atoms with E-state index in [2.05, 4.69) is 20.3 Å². The predicted octanol–water partition coefficient (Wildman–Crippen LogP) is 2.19. The Labute approximate surface area is 137 Å². The molecule has 8 heteroatoms. The number of aryl methyl sites for hydroxylation is 1. The van der Waals surface area contributed by atoms with Crippen LogP contribution in [0.15, 0.2) is 28.9 Å². The summed E-state index contributed by atoms with van der Waals surface area (Å²) in [6.45, 7) is 1.67. The number of aromatic nitrogens is 2. The number of amides is 2. The van der Waals surface area contributed by atoms with Gasteiger partial charge in [-0.25, -0.2) is 4.63 Å². The molecule has 23 heavy (non-hydrogen) atoms. The van der Waals surface area contributed by atoms with Crippen molar-refractivity contribution in [1.29, 1.82) is 0 Å². The van der Waals surface area contributed by atoms with Crippen LogP contribution in [0.3, 0.4) is 0 Å². The van der Waals surface area contributed by atoms with Gasteiger partial charge in [0.05, 0.1) is 12.0 Å². The van der Waals surface area contributed by atoms with E-state index < -0.39 is 5.92 Å². The number of benzene rings is 1. The first-order valence-corrected chi connectivity index (χ1v) is 7.46. The minimum Gasteiger partial charge on any atom is -0.338 e. The molecule has 1 aliphatic rings. The summed E-state index contributed by atoms with van der Waals surface area (Å²) >= 11 is 6.04. The van der Waals surface area contributed by atoms with Gasteiger partial charge in [0.1, 0.15) is 5.69 Å². The van der Waals surface area contributed by atoms with Gasteiger partial charge in [-0.1, -0.05) is 28.9 Å². The Hall–Kier alpha value is -2.41. The van der Waals surface area contributed by atoms with Crippen molar-refractivity contribution in [3.8, 4) is 0 Å². The Balaban J connectivity index is 1.88. The molecule has 1 aliphatic heterocycles. The Kier molecular flexibility index (Phi) is 4.04. The van der Waals surface area contributed by atoms with Gasteiger partial charge >= 0.3 is 0 Å². The molecule has 2 heterocycles. The molecule has 2 aromatic rings. The van der Waals surface area contributed by atoms with Gasteiger partial charge in [-0.2, -0.15) is 0 Å². The zero-order valence-corrected chi connectivity index (χ0v) is 13.4. The van der Waals surface area contributed by atoms with E-state index in [0.29, 0.717) is 10.7 Å². The number of carbonyl (C=O) groups is 2. The van der Waals surface area contributed by atoms with Gasteiger partial charge in [-0.05, 0) is 29.8 Å². The van der Waals surface area contributed by atoms with E-state index in [1.807, 2.05) is 6.07 Å². The summed E-state index contributed by atoms with van der Waals surface area (Å²) in [5.74, 6) is -0.666. The fourth-order valence-corrected chi connectivity index (χ4v) is 3.00. The van der Waals surface area contributed by atoms with Gasteiger partial charge in [0, 0.05) is 18.5 Å². The van der Waals surface area contributed by atoms with Crippen LogP contribution in [0.25, 0.3) is 0 Å². The first-order chi connectivity index (χ1) is 11.0. The second kappa shape index (κ2) is 6.00. The fraction of sp³-hybridized carbons (Fsp3) is 0.333. The second-order valence-electron chi connectivity index (χ2n) is 5.50. The van der Waals surface area contributed by atoms with Crippen molar-refractivity contribution >= 4 is 29.2 Å². The molecule has 1 saturated heterocycles. The molecule has 0 aliphatic carbocycles. The largest absolute Gasteiger partial charge is 0.338 e. The van der Waals surface area contributed by atoms with Crippen molar-refractivity contribution in [3.63, 3.8) is 0 Å². The molecule has 7 nitrogen and oxygen atoms in total. The van der Waals surface area contributed by atoms with Gasteiger partial charge in [0.25, 0.3) is 0 Å². The Morgan fingerprint density at radius 1 is 1.43 bits per heavy atom.